The summed E-state index contributed by atoms with van der Waals surface area (Å²) in [4.78, 5) is 8.86. The van der Waals surface area contributed by atoms with Gasteiger partial charge in [0.1, 0.15) is 0 Å². The number of thioether (sulfide) groups is 1. The minimum Gasteiger partial charge on any atom is -0.373 e. The van der Waals surface area contributed by atoms with Crippen LogP contribution in [0.5, 0.6) is 0 Å². The Kier molecular flexibility index (Phi) is 8.13. The molecular weight excluding hydrogens is 383 g/mol. The number of para-hydroxylation sites is 1. The molecule has 2 N–H and O–H groups in total. The number of nitrogens with two attached hydrogens (primary N) is 1. The maximum absolute atomic E-state index is 6.02. The zero-order valence-electron chi connectivity index (χ0n) is 11.9. The highest BCUT2D eigenvalue weighted by molar-refractivity contribution is 14.0. The highest BCUT2D eigenvalue weighted by Crippen LogP contribution is 2.10. The zero-order valence-corrected chi connectivity index (χ0v) is 15.0. The Morgan fingerprint density at radius 2 is 1.95 bits per heavy atom. The van der Waals surface area contributed by atoms with E-state index in [1.165, 1.54) is 5.69 Å². The number of hydrogen-bond donors (Lipinski definition) is 1. The molecule has 0 radical (unpaired) electrons. The molecule has 1 saturated heterocycles. The molecule has 0 unspecified atom stereocenters. The van der Waals surface area contributed by atoms with Crippen molar-refractivity contribution in [3.8, 4) is 0 Å². The zero-order chi connectivity index (χ0) is 13.5. The van der Waals surface area contributed by atoms with Crippen LogP contribution >= 0.6 is 35.7 Å². The summed E-state index contributed by atoms with van der Waals surface area (Å²) in [7, 11) is 2.08. The molecule has 1 aliphatic rings. The van der Waals surface area contributed by atoms with Gasteiger partial charge in [-0.1, -0.05) is 18.2 Å². The minimum atomic E-state index is 0. The molecule has 0 saturated carbocycles. The van der Waals surface area contributed by atoms with Crippen molar-refractivity contribution < 1.29 is 0 Å². The number of anilines is 1. The number of nitrogens with zero attached hydrogens (tertiary/aromatic N) is 3. The topological polar surface area (TPSA) is 44.9 Å². The number of benzene rings is 1. The van der Waals surface area contributed by atoms with Crippen molar-refractivity contribution in [2.24, 2.45) is 10.7 Å². The molecule has 6 heteroatoms. The van der Waals surface area contributed by atoms with Gasteiger partial charge < -0.3 is 15.5 Å². The van der Waals surface area contributed by atoms with Gasteiger partial charge in [-0.3, -0.25) is 4.99 Å². The maximum atomic E-state index is 6.02. The quantitative estimate of drug-likeness (QED) is 0.473. The number of halogens is 1. The number of likely N-dealkylation sites (N-methyl/N-ethyl adjacent to an activating group) is 1. The van der Waals surface area contributed by atoms with Crippen LogP contribution in [-0.2, 0) is 0 Å². The third-order valence-corrected chi connectivity index (χ3v) is 4.18. The molecule has 0 aromatic heterocycles. The fraction of sp³-hybridized carbons (Fsp3) is 0.500. The van der Waals surface area contributed by atoms with E-state index in [-0.39, 0.29) is 24.0 Å². The first-order valence-electron chi connectivity index (χ1n) is 6.66. The van der Waals surface area contributed by atoms with E-state index in [1.54, 1.807) is 0 Å². The van der Waals surface area contributed by atoms with Crippen LogP contribution in [0.25, 0.3) is 0 Å². The highest BCUT2D eigenvalue weighted by Gasteiger charge is 2.11. The first-order valence-corrected chi connectivity index (χ1v) is 7.81. The van der Waals surface area contributed by atoms with Crippen molar-refractivity contribution >= 4 is 47.4 Å². The molecule has 1 aliphatic heterocycles. The maximum Gasteiger partial charge on any atom is 0.191 e. The Labute approximate surface area is 142 Å². The Bertz CT molecular complexity index is 407. The second-order valence-electron chi connectivity index (χ2n) is 4.60. The van der Waals surface area contributed by atoms with E-state index in [0.29, 0.717) is 5.96 Å². The van der Waals surface area contributed by atoms with Crippen molar-refractivity contribution in [3.63, 3.8) is 0 Å². The molecular formula is C14H23IN4S. The lowest BCUT2D eigenvalue weighted by Crippen LogP contribution is -2.43. The third-order valence-electron chi connectivity index (χ3n) is 3.24. The van der Waals surface area contributed by atoms with Crippen molar-refractivity contribution in [2.45, 2.75) is 0 Å². The molecule has 0 atom stereocenters. The van der Waals surface area contributed by atoms with Gasteiger partial charge in [0.05, 0.1) is 6.54 Å². The fourth-order valence-corrected chi connectivity index (χ4v) is 2.92. The predicted molar refractivity (Wildman–Crippen MR) is 101 cm³/mol. The molecule has 0 aliphatic carbocycles. The summed E-state index contributed by atoms with van der Waals surface area (Å²) >= 11 is 1.98. The molecule has 20 heavy (non-hydrogen) atoms. The molecule has 0 amide bonds. The summed E-state index contributed by atoms with van der Waals surface area (Å²) in [6.45, 7) is 3.66. The van der Waals surface area contributed by atoms with Crippen LogP contribution in [0.2, 0.25) is 0 Å². The standard InChI is InChI=1S/C14H22N4S.HI/c1-17(13-5-3-2-4-6-13)8-7-16-14(15)18-9-11-19-12-10-18;/h2-6H,7-12H2,1H3,(H2,15,16);1H. The van der Waals surface area contributed by atoms with Crippen LogP contribution in [0, 0.1) is 0 Å². The van der Waals surface area contributed by atoms with Crippen LogP contribution in [0.3, 0.4) is 0 Å². The lowest BCUT2D eigenvalue weighted by molar-refractivity contribution is 0.456. The molecule has 4 nitrogen and oxygen atoms in total. The van der Waals surface area contributed by atoms with Gasteiger partial charge in [0, 0.05) is 43.9 Å². The van der Waals surface area contributed by atoms with Crippen molar-refractivity contribution in [1.29, 1.82) is 0 Å². The van der Waals surface area contributed by atoms with E-state index in [9.17, 15) is 0 Å². The van der Waals surface area contributed by atoms with Gasteiger partial charge in [-0.25, -0.2) is 0 Å². The van der Waals surface area contributed by atoms with Gasteiger partial charge in [-0.05, 0) is 12.1 Å². The Hall–Kier alpha value is -0.630. The molecule has 1 aromatic carbocycles. The van der Waals surface area contributed by atoms with Crippen LogP contribution in [-0.4, -0.2) is 55.6 Å². The lowest BCUT2D eigenvalue weighted by atomic mass is 10.3. The largest absolute Gasteiger partial charge is 0.373 e. The Balaban J connectivity index is 0.00000200. The number of rotatable bonds is 4. The monoisotopic (exact) mass is 406 g/mol. The summed E-state index contributed by atoms with van der Waals surface area (Å²) in [5, 5.41) is 0. The van der Waals surface area contributed by atoms with E-state index in [2.05, 4.69) is 46.1 Å². The van der Waals surface area contributed by atoms with Crippen LogP contribution < -0.4 is 10.6 Å². The molecule has 112 valence electrons. The Morgan fingerprint density at radius 1 is 1.30 bits per heavy atom. The first kappa shape index (κ1) is 17.4. The minimum absolute atomic E-state index is 0. The highest BCUT2D eigenvalue weighted by atomic mass is 127. The van der Waals surface area contributed by atoms with E-state index < -0.39 is 0 Å². The molecule has 0 bridgehead atoms. The average molecular weight is 406 g/mol. The Morgan fingerprint density at radius 3 is 2.60 bits per heavy atom. The summed E-state index contributed by atoms with van der Waals surface area (Å²) < 4.78 is 0. The molecule has 1 aromatic rings. The van der Waals surface area contributed by atoms with E-state index in [0.717, 1.165) is 37.7 Å². The summed E-state index contributed by atoms with van der Waals surface area (Å²) in [6, 6.07) is 10.3. The predicted octanol–water partition coefficient (Wildman–Crippen LogP) is 2.10. The van der Waals surface area contributed by atoms with Crippen LogP contribution in [0.4, 0.5) is 5.69 Å². The van der Waals surface area contributed by atoms with Gasteiger partial charge in [-0.2, -0.15) is 11.8 Å². The number of guanidine groups is 1. The van der Waals surface area contributed by atoms with E-state index >= 15 is 0 Å². The van der Waals surface area contributed by atoms with Gasteiger partial charge in [0.2, 0.25) is 0 Å². The number of hydrogen-bond acceptors (Lipinski definition) is 3. The molecule has 1 fully saturated rings. The summed E-state index contributed by atoms with van der Waals surface area (Å²) in [5.41, 5.74) is 7.24. The SMILES string of the molecule is CN(CCN=C(N)N1CCSCC1)c1ccccc1.I. The van der Waals surface area contributed by atoms with Crippen molar-refractivity contribution in [3.05, 3.63) is 30.3 Å². The average Bonchev–Trinajstić information content (AvgIpc) is 2.49. The molecule has 2 rings (SSSR count). The lowest BCUT2D eigenvalue weighted by Gasteiger charge is -2.27. The second-order valence-corrected chi connectivity index (χ2v) is 5.82. The van der Waals surface area contributed by atoms with Crippen molar-refractivity contribution in [1.82, 2.24) is 4.90 Å². The van der Waals surface area contributed by atoms with Crippen molar-refractivity contribution in [2.75, 3.05) is 49.6 Å². The molecule has 0 spiro atoms. The third kappa shape index (κ3) is 5.40. The van der Waals surface area contributed by atoms with Gasteiger partial charge in [0.15, 0.2) is 5.96 Å². The fourth-order valence-electron chi connectivity index (χ4n) is 2.02. The summed E-state index contributed by atoms with van der Waals surface area (Å²) in [5.74, 6) is 3.00. The molecule has 1 heterocycles. The second kappa shape index (κ2) is 9.33. The van der Waals surface area contributed by atoms with Crippen LogP contribution in [0.1, 0.15) is 0 Å². The van der Waals surface area contributed by atoms with E-state index in [1.807, 2.05) is 17.8 Å². The van der Waals surface area contributed by atoms with Crippen LogP contribution in [0.15, 0.2) is 35.3 Å². The normalized spacial score (nSPS) is 15.7. The smallest absolute Gasteiger partial charge is 0.191 e. The first-order chi connectivity index (χ1) is 9.27. The van der Waals surface area contributed by atoms with E-state index in [4.69, 9.17) is 5.73 Å². The van der Waals surface area contributed by atoms with Gasteiger partial charge >= 0.3 is 0 Å². The van der Waals surface area contributed by atoms with Gasteiger partial charge in [0.25, 0.3) is 0 Å². The van der Waals surface area contributed by atoms with Gasteiger partial charge in [-0.15, -0.1) is 24.0 Å². The summed E-state index contributed by atoms with van der Waals surface area (Å²) in [6.07, 6.45) is 0. The number of aliphatic imine (C=N–C) groups is 1.